The normalized spacial score (nSPS) is 16.7. The number of aromatic nitrogens is 1. The molecular formula is C19H14Cl2N2O2S. The van der Waals surface area contributed by atoms with Gasteiger partial charge >= 0.3 is 4.87 Å². The highest BCUT2D eigenvalue weighted by molar-refractivity contribution is 7.10. The minimum atomic E-state index is -0.228. The number of carbonyl (C=O) groups is 1. The largest absolute Gasteiger partial charge is 0.308 e. The number of nitrogens with zero attached hydrogens (tertiary/aromatic N) is 2. The Kier molecular flexibility index (Phi) is 4.39. The molecular weight excluding hydrogens is 391 g/mol. The summed E-state index contributed by atoms with van der Waals surface area (Å²) in [5.41, 5.74) is 1.55. The molecule has 7 heteroatoms. The SMILES string of the molecule is Cn1c2c(sc1=O)[C@@H](c1ccccc1Cl)CC(=O)N2c1ccc(Cl)cc1. The molecule has 132 valence electrons. The van der Waals surface area contributed by atoms with E-state index in [0.29, 0.717) is 21.6 Å². The number of hydrogen-bond acceptors (Lipinski definition) is 3. The molecule has 1 aliphatic heterocycles. The lowest BCUT2D eigenvalue weighted by atomic mass is 9.90. The van der Waals surface area contributed by atoms with E-state index < -0.39 is 0 Å². The molecule has 1 atom stereocenters. The number of hydrogen-bond donors (Lipinski definition) is 0. The van der Waals surface area contributed by atoms with E-state index in [-0.39, 0.29) is 23.1 Å². The van der Waals surface area contributed by atoms with E-state index in [1.54, 1.807) is 42.3 Å². The Morgan fingerprint density at radius 2 is 1.73 bits per heavy atom. The molecule has 0 N–H and O–H groups in total. The van der Waals surface area contributed by atoms with Crippen molar-refractivity contribution in [2.45, 2.75) is 12.3 Å². The highest BCUT2D eigenvalue weighted by Crippen LogP contribution is 2.45. The molecule has 0 unspecified atom stereocenters. The fraction of sp³-hybridized carbons (Fsp3) is 0.158. The molecule has 0 saturated carbocycles. The molecule has 26 heavy (non-hydrogen) atoms. The minimum Gasteiger partial charge on any atom is -0.288 e. The molecule has 4 nitrogen and oxygen atoms in total. The van der Waals surface area contributed by atoms with Crippen LogP contribution >= 0.6 is 34.5 Å². The average Bonchev–Trinajstić information content (AvgIpc) is 2.91. The summed E-state index contributed by atoms with van der Waals surface area (Å²) in [5, 5.41) is 1.19. The van der Waals surface area contributed by atoms with Crippen LogP contribution < -0.4 is 9.77 Å². The number of thiazole rings is 1. The monoisotopic (exact) mass is 404 g/mol. The topological polar surface area (TPSA) is 42.3 Å². The molecule has 1 aliphatic rings. The molecule has 0 saturated heterocycles. The minimum absolute atomic E-state index is 0.0851. The summed E-state index contributed by atoms with van der Waals surface area (Å²) in [4.78, 5) is 27.8. The van der Waals surface area contributed by atoms with Gasteiger partial charge in [0.05, 0.1) is 10.6 Å². The predicted octanol–water partition coefficient (Wildman–Crippen LogP) is 4.95. The van der Waals surface area contributed by atoms with Gasteiger partial charge in [-0.25, -0.2) is 0 Å². The van der Waals surface area contributed by atoms with E-state index in [2.05, 4.69) is 0 Å². The lowest BCUT2D eigenvalue weighted by molar-refractivity contribution is -0.118. The van der Waals surface area contributed by atoms with Crippen LogP contribution in [0, 0.1) is 0 Å². The van der Waals surface area contributed by atoms with Gasteiger partial charge in [0.25, 0.3) is 0 Å². The van der Waals surface area contributed by atoms with Gasteiger partial charge in [0.15, 0.2) is 0 Å². The molecule has 2 heterocycles. The third kappa shape index (κ3) is 2.76. The van der Waals surface area contributed by atoms with Crippen LogP contribution in [0.25, 0.3) is 0 Å². The number of anilines is 2. The van der Waals surface area contributed by atoms with Crippen molar-refractivity contribution in [2.75, 3.05) is 4.90 Å². The average molecular weight is 405 g/mol. The second kappa shape index (κ2) is 6.58. The highest BCUT2D eigenvalue weighted by atomic mass is 35.5. The Labute approximate surface area is 164 Å². The molecule has 1 amide bonds. The third-order valence-corrected chi connectivity index (χ3v) is 6.26. The highest BCUT2D eigenvalue weighted by Gasteiger charge is 2.37. The fourth-order valence-electron chi connectivity index (χ4n) is 3.29. The Morgan fingerprint density at radius 1 is 1.04 bits per heavy atom. The molecule has 4 rings (SSSR count). The number of rotatable bonds is 2. The number of fused-ring (bicyclic) bond motifs is 1. The van der Waals surface area contributed by atoms with Crippen molar-refractivity contribution in [2.24, 2.45) is 7.05 Å². The van der Waals surface area contributed by atoms with Crippen LogP contribution in [-0.4, -0.2) is 10.5 Å². The summed E-state index contributed by atoms with van der Waals surface area (Å²) in [5.74, 6) is 0.287. The summed E-state index contributed by atoms with van der Waals surface area (Å²) in [6.07, 6.45) is 0.249. The zero-order chi connectivity index (χ0) is 18.4. The lowest BCUT2D eigenvalue weighted by Crippen LogP contribution is -2.34. The first kappa shape index (κ1) is 17.3. The number of halogens is 2. The fourth-order valence-corrected chi connectivity index (χ4v) is 4.77. The van der Waals surface area contributed by atoms with Crippen LogP contribution in [0.3, 0.4) is 0 Å². The summed E-state index contributed by atoms with van der Waals surface area (Å²) in [6, 6.07) is 14.5. The molecule has 0 spiro atoms. The van der Waals surface area contributed by atoms with Crippen LogP contribution in [-0.2, 0) is 11.8 Å². The number of carbonyl (C=O) groups excluding carboxylic acids is 1. The van der Waals surface area contributed by atoms with Crippen LogP contribution in [0.15, 0.2) is 53.3 Å². The van der Waals surface area contributed by atoms with Crippen molar-refractivity contribution in [3.63, 3.8) is 0 Å². The van der Waals surface area contributed by atoms with Gasteiger partial charge in [-0.15, -0.1) is 0 Å². The van der Waals surface area contributed by atoms with Crippen LogP contribution in [0.5, 0.6) is 0 Å². The second-order valence-corrected chi connectivity index (χ2v) is 7.94. The van der Waals surface area contributed by atoms with Crippen molar-refractivity contribution in [1.29, 1.82) is 0 Å². The van der Waals surface area contributed by atoms with E-state index in [4.69, 9.17) is 23.2 Å². The Bertz CT molecular complexity index is 1060. The standard InChI is InChI=1S/C19H14Cl2N2O2S/c1-22-18-17(26-19(22)25)14(13-4-2-3-5-15(13)21)10-16(24)23(18)12-8-6-11(20)7-9-12/h2-9,14H,10H2,1H3/t14-/m1/s1. The molecule has 0 aliphatic carbocycles. The maximum absolute atomic E-state index is 13.0. The second-order valence-electron chi connectivity index (χ2n) is 6.10. The molecule has 3 aromatic rings. The zero-order valence-corrected chi connectivity index (χ0v) is 16.1. The Hall–Kier alpha value is -2.08. The van der Waals surface area contributed by atoms with Crippen molar-refractivity contribution < 1.29 is 4.79 Å². The maximum atomic E-state index is 13.0. The first-order valence-corrected chi connectivity index (χ1v) is 9.57. The van der Waals surface area contributed by atoms with Crippen molar-refractivity contribution in [3.05, 3.63) is 78.7 Å². The van der Waals surface area contributed by atoms with Crippen LogP contribution in [0.1, 0.15) is 22.8 Å². The van der Waals surface area contributed by atoms with E-state index in [1.165, 1.54) is 4.57 Å². The summed E-state index contributed by atoms with van der Waals surface area (Å²) < 4.78 is 1.52. The predicted molar refractivity (Wildman–Crippen MR) is 106 cm³/mol. The van der Waals surface area contributed by atoms with Gasteiger partial charge < -0.3 is 0 Å². The van der Waals surface area contributed by atoms with Crippen molar-refractivity contribution >= 4 is 52.0 Å². The first-order chi connectivity index (χ1) is 12.5. The van der Waals surface area contributed by atoms with Gasteiger partial charge in [-0.2, -0.15) is 0 Å². The van der Waals surface area contributed by atoms with E-state index in [0.717, 1.165) is 21.8 Å². The molecule has 2 aromatic carbocycles. The van der Waals surface area contributed by atoms with Crippen LogP contribution in [0.2, 0.25) is 10.0 Å². The Morgan fingerprint density at radius 3 is 2.42 bits per heavy atom. The van der Waals surface area contributed by atoms with E-state index >= 15 is 0 Å². The van der Waals surface area contributed by atoms with E-state index in [1.807, 2.05) is 18.2 Å². The number of benzene rings is 2. The molecule has 0 radical (unpaired) electrons. The Balaban J connectivity index is 1.92. The summed E-state index contributed by atoms with van der Waals surface area (Å²) in [6.45, 7) is 0. The van der Waals surface area contributed by atoms with Gasteiger partial charge in [0.2, 0.25) is 5.91 Å². The molecule has 1 aromatic heterocycles. The van der Waals surface area contributed by atoms with Crippen LogP contribution in [0.4, 0.5) is 11.5 Å². The lowest BCUT2D eigenvalue weighted by Gasteiger charge is -2.32. The smallest absolute Gasteiger partial charge is 0.288 e. The van der Waals surface area contributed by atoms with Gasteiger partial charge in [0.1, 0.15) is 5.82 Å². The summed E-state index contributed by atoms with van der Waals surface area (Å²) >= 11 is 13.5. The molecule has 0 fully saturated rings. The van der Waals surface area contributed by atoms with Crippen molar-refractivity contribution in [1.82, 2.24) is 4.57 Å². The third-order valence-electron chi connectivity index (χ3n) is 4.53. The maximum Gasteiger partial charge on any atom is 0.308 e. The van der Waals surface area contributed by atoms with Gasteiger partial charge in [-0.05, 0) is 35.9 Å². The van der Waals surface area contributed by atoms with Gasteiger partial charge in [-0.3, -0.25) is 19.1 Å². The zero-order valence-electron chi connectivity index (χ0n) is 13.8. The quantitative estimate of drug-likeness (QED) is 0.605. The number of amides is 1. The van der Waals surface area contributed by atoms with Gasteiger partial charge in [0, 0.05) is 29.4 Å². The first-order valence-electron chi connectivity index (χ1n) is 8.00. The summed E-state index contributed by atoms with van der Waals surface area (Å²) in [7, 11) is 1.68. The van der Waals surface area contributed by atoms with Gasteiger partial charge in [-0.1, -0.05) is 52.7 Å². The molecule has 0 bridgehead atoms. The van der Waals surface area contributed by atoms with E-state index in [9.17, 15) is 9.59 Å². The van der Waals surface area contributed by atoms with Crippen molar-refractivity contribution in [3.8, 4) is 0 Å².